The Morgan fingerprint density at radius 1 is 1.12 bits per heavy atom. The summed E-state index contributed by atoms with van der Waals surface area (Å²) in [5.41, 5.74) is 3.05. The molecule has 1 aliphatic rings. The maximum absolute atomic E-state index is 12.0. The first-order valence-electron chi connectivity index (χ1n) is 7.53. The molecule has 1 aliphatic heterocycles. The van der Waals surface area contributed by atoms with Gasteiger partial charge in [0.2, 0.25) is 0 Å². The van der Waals surface area contributed by atoms with Gasteiger partial charge in [0.05, 0.1) is 4.91 Å². The summed E-state index contributed by atoms with van der Waals surface area (Å²) < 4.78 is 5.91. The molecule has 2 aromatic carbocycles. The Bertz CT molecular complexity index is 829. The molecular formula is C19H17NO3S. The smallest absolute Gasteiger partial charge is 0.293 e. The van der Waals surface area contributed by atoms with Crippen molar-refractivity contribution in [1.82, 2.24) is 4.90 Å². The van der Waals surface area contributed by atoms with E-state index in [-0.39, 0.29) is 11.1 Å². The summed E-state index contributed by atoms with van der Waals surface area (Å²) in [6.07, 6.45) is 1.71. The molecular weight excluding hydrogens is 322 g/mol. The van der Waals surface area contributed by atoms with Crippen LogP contribution in [0.2, 0.25) is 0 Å². The molecule has 2 amide bonds. The Morgan fingerprint density at radius 2 is 1.92 bits per heavy atom. The van der Waals surface area contributed by atoms with Crippen molar-refractivity contribution in [3.05, 3.63) is 70.1 Å². The van der Waals surface area contributed by atoms with E-state index in [2.05, 4.69) is 6.07 Å². The second kappa shape index (κ2) is 6.93. The summed E-state index contributed by atoms with van der Waals surface area (Å²) in [7, 11) is 1.48. The highest BCUT2D eigenvalue weighted by molar-refractivity contribution is 8.18. The fraction of sp³-hybridized carbons (Fsp3) is 0.158. The zero-order chi connectivity index (χ0) is 17.1. The van der Waals surface area contributed by atoms with Crippen molar-refractivity contribution in [2.75, 3.05) is 7.05 Å². The number of benzene rings is 2. The van der Waals surface area contributed by atoms with Gasteiger partial charge in [-0.2, -0.15) is 0 Å². The van der Waals surface area contributed by atoms with E-state index >= 15 is 0 Å². The third kappa shape index (κ3) is 3.51. The molecule has 0 radical (unpaired) electrons. The van der Waals surface area contributed by atoms with Crippen molar-refractivity contribution in [3.8, 4) is 5.75 Å². The van der Waals surface area contributed by atoms with Crippen molar-refractivity contribution in [3.63, 3.8) is 0 Å². The number of imide groups is 1. The van der Waals surface area contributed by atoms with E-state index in [4.69, 9.17) is 4.74 Å². The number of likely N-dealkylation sites (N-methyl/N-ethyl adjacent to an activating group) is 1. The molecule has 0 aliphatic carbocycles. The topological polar surface area (TPSA) is 46.6 Å². The maximum atomic E-state index is 12.0. The Hall–Kier alpha value is -2.53. The average Bonchev–Trinajstić information content (AvgIpc) is 2.81. The monoisotopic (exact) mass is 339 g/mol. The van der Waals surface area contributed by atoms with E-state index in [0.717, 1.165) is 27.8 Å². The lowest BCUT2D eigenvalue weighted by Gasteiger charge is -2.10. The van der Waals surface area contributed by atoms with Gasteiger partial charge in [0.15, 0.2) is 0 Å². The van der Waals surface area contributed by atoms with Gasteiger partial charge in [-0.3, -0.25) is 14.5 Å². The fourth-order valence-corrected chi connectivity index (χ4v) is 3.20. The van der Waals surface area contributed by atoms with E-state index in [9.17, 15) is 9.59 Å². The summed E-state index contributed by atoms with van der Waals surface area (Å²) in [4.78, 5) is 25.2. The summed E-state index contributed by atoms with van der Waals surface area (Å²) >= 11 is 0.945. The van der Waals surface area contributed by atoms with Gasteiger partial charge in [0, 0.05) is 12.6 Å². The fourth-order valence-electron chi connectivity index (χ4n) is 2.38. The second-order valence-corrected chi connectivity index (χ2v) is 6.55. The van der Waals surface area contributed by atoms with E-state index in [1.165, 1.54) is 12.6 Å². The molecule has 5 heteroatoms. The van der Waals surface area contributed by atoms with Crippen LogP contribution in [-0.2, 0) is 11.4 Å². The van der Waals surface area contributed by atoms with Crippen LogP contribution < -0.4 is 4.74 Å². The standard InChI is InChI=1S/C19H17NO3S/c1-13-6-5-7-14(10-13)12-23-16-9-4-3-8-15(16)11-17-18(21)20(2)19(22)24-17/h3-11H,12H2,1-2H3/b17-11-. The lowest BCUT2D eigenvalue weighted by Crippen LogP contribution is -2.22. The predicted octanol–water partition coefficient (Wildman–Crippen LogP) is 4.24. The van der Waals surface area contributed by atoms with Gasteiger partial charge in [-0.05, 0) is 36.4 Å². The van der Waals surface area contributed by atoms with Crippen molar-refractivity contribution in [2.24, 2.45) is 0 Å². The number of amides is 2. The van der Waals surface area contributed by atoms with Crippen LogP contribution in [0.3, 0.4) is 0 Å². The number of para-hydroxylation sites is 1. The largest absolute Gasteiger partial charge is 0.488 e. The number of carbonyl (C=O) groups is 2. The highest BCUT2D eigenvalue weighted by Crippen LogP contribution is 2.33. The minimum absolute atomic E-state index is 0.260. The second-order valence-electron chi connectivity index (χ2n) is 5.56. The first kappa shape index (κ1) is 16.3. The molecule has 24 heavy (non-hydrogen) atoms. The zero-order valence-electron chi connectivity index (χ0n) is 13.5. The van der Waals surface area contributed by atoms with E-state index in [1.807, 2.05) is 49.4 Å². The SMILES string of the molecule is Cc1cccc(COc2ccccc2/C=C2\SC(=O)N(C)C2=O)c1. The van der Waals surface area contributed by atoms with Crippen LogP contribution in [0.15, 0.2) is 53.4 Å². The lowest BCUT2D eigenvalue weighted by molar-refractivity contribution is -0.121. The summed E-state index contributed by atoms with van der Waals surface area (Å²) in [5.74, 6) is 0.403. The van der Waals surface area contributed by atoms with Crippen LogP contribution in [0.4, 0.5) is 4.79 Å². The summed E-state index contributed by atoms with van der Waals surface area (Å²) in [6, 6.07) is 15.6. The number of aryl methyl sites for hydroxylation is 1. The van der Waals surface area contributed by atoms with Gasteiger partial charge in [0.25, 0.3) is 11.1 Å². The minimum Gasteiger partial charge on any atom is -0.488 e. The molecule has 2 aromatic rings. The number of carbonyl (C=O) groups excluding carboxylic acids is 2. The highest BCUT2D eigenvalue weighted by atomic mass is 32.2. The Labute approximate surface area is 145 Å². The number of hydrogen-bond acceptors (Lipinski definition) is 4. The molecule has 0 N–H and O–H groups in total. The molecule has 1 heterocycles. The van der Waals surface area contributed by atoms with Gasteiger partial charge in [-0.15, -0.1) is 0 Å². The van der Waals surface area contributed by atoms with Crippen LogP contribution in [-0.4, -0.2) is 23.1 Å². The summed E-state index contributed by atoms with van der Waals surface area (Å²) in [5, 5.41) is -0.260. The molecule has 1 saturated heterocycles. The van der Waals surface area contributed by atoms with Crippen LogP contribution in [0.1, 0.15) is 16.7 Å². The third-order valence-corrected chi connectivity index (χ3v) is 4.63. The normalized spacial score (nSPS) is 16.1. The van der Waals surface area contributed by atoms with E-state index < -0.39 is 0 Å². The van der Waals surface area contributed by atoms with E-state index in [1.54, 1.807) is 6.08 Å². The molecule has 0 bridgehead atoms. The molecule has 0 aromatic heterocycles. The predicted molar refractivity (Wildman–Crippen MR) is 95.7 cm³/mol. The van der Waals surface area contributed by atoms with E-state index in [0.29, 0.717) is 17.3 Å². The van der Waals surface area contributed by atoms with Gasteiger partial charge in [0.1, 0.15) is 12.4 Å². The molecule has 0 saturated carbocycles. The van der Waals surface area contributed by atoms with Crippen LogP contribution in [0, 0.1) is 6.92 Å². The minimum atomic E-state index is -0.279. The first-order chi connectivity index (χ1) is 11.5. The number of rotatable bonds is 4. The Kier molecular flexibility index (Phi) is 4.71. The van der Waals surface area contributed by atoms with Gasteiger partial charge < -0.3 is 4.74 Å². The first-order valence-corrected chi connectivity index (χ1v) is 8.35. The molecule has 122 valence electrons. The molecule has 0 unspecified atom stereocenters. The Balaban J connectivity index is 1.81. The average molecular weight is 339 g/mol. The van der Waals surface area contributed by atoms with Crippen molar-refractivity contribution in [2.45, 2.75) is 13.5 Å². The van der Waals surface area contributed by atoms with Gasteiger partial charge in [-0.25, -0.2) is 0 Å². The number of nitrogens with zero attached hydrogens (tertiary/aromatic N) is 1. The van der Waals surface area contributed by atoms with Crippen molar-refractivity contribution in [1.29, 1.82) is 0 Å². The molecule has 4 nitrogen and oxygen atoms in total. The van der Waals surface area contributed by atoms with Gasteiger partial charge in [-0.1, -0.05) is 48.0 Å². The third-order valence-electron chi connectivity index (χ3n) is 3.67. The number of hydrogen-bond donors (Lipinski definition) is 0. The van der Waals surface area contributed by atoms with Crippen molar-refractivity contribution >= 4 is 29.0 Å². The van der Waals surface area contributed by atoms with Crippen LogP contribution in [0.25, 0.3) is 6.08 Å². The highest BCUT2D eigenvalue weighted by Gasteiger charge is 2.31. The number of ether oxygens (including phenoxy) is 1. The Morgan fingerprint density at radius 3 is 2.62 bits per heavy atom. The number of thioether (sulfide) groups is 1. The molecule has 1 fully saturated rings. The zero-order valence-corrected chi connectivity index (χ0v) is 14.3. The lowest BCUT2D eigenvalue weighted by atomic mass is 10.1. The van der Waals surface area contributed by atoms with Gasteiger partial charge >= 0.3 is 0 Å². The molecule has 3 rings (SSSR count). The quantitative estimate of drug-likeness (QED) is 0.782. The molecule has 0 atom stereocenters. The maximum Gasteiger partial charge on any atom is 0.293 e. The molecule has 0 spiro atoms. The summed E-state index contributed by atoms with van der Waals surface area (Å²) in [6.45, 7) is 2.49. The van der Waals surface area contributed by atoms with Crippen LogP contribution in [0.5, 0.6) is 5.75 Å². The van der Waals surface area contributed by atoms with Crippen LogP contribution >= 0.6 is 11.8 Å². The van der Waals surface area contributed by atoms with Crippen molar-refractivity contribution < 1.29 is 14.3 Å².